The van der Waals surface area contributed by atoms with Gasteiger partial charge in [0.1, 0.15) is 23.3 Å². The summed E-state index contributed by atoms with van der Waals surface area (Å²) in [4.78, 5) is 85.4. The predicted molar refractivity (Wildman–Crippen MR) is 250 cm³/mol. The average molecular weight is 947 g/mol. The Morgan fingerprint density at radius 2 is 0.667 bits per heavy atom. The third-order valence-corrected chi connectivity index (χ3v) is 12.7. The Morgan fingerprint density at radius 1 is 0.391 bits per heavy atom. The SMILES string of the molecule is O=C(NCCc1ccc(F)cc1)C1CN(C(=O)c2ccc(C(=O)N3CC(C(=O)NCCc4ccc(F)cc4)[C@H](C(=O)CNCCc4ccc(F)cc4)C3)cc2)C[C@@H]1C(=O)NCCc1ccc(F)cc1. The quantitative estimate of drug-likeness (QED) is 0.0626. The van der Waals surface area contributed by atoms with Gasteiger partial charge in [0.2, 0.25) is 17.7 Å². The summed E-state index contributed by atoms with van der Waals surface area (Å²) in [7, 11) is 0. The molecule has 0 saturated carbocycles. The molecule has 5 amide bonds. The molecule has 69 heavy (non-hydrogen) atoms. The van der Waals surface area contributed by atoms with Gasteiger partial charge in [-0.15, -0.1) is 0 Å². The molecule has 5 aromatic rings. The second-order valence-corrected chi connectivity index (χ2v) is 17.4. The van der Waals surface area contributed by atoms with Crippen molar-refractivity contribution in [1.29, 1.82) is 0 Å². The normalized spacial score (nSPS) is 17.6. The fourth-order valence-corrected chi connectivity index (χ4v) is 8.75. The molecule has 2 fully saturated rings. The van der Waals surface area contributed by atoms with Crippen LogP contribution in [-0.2, 0) is 44.9 Å². The molecule has 0 spiro atoms. The third kappa shape index (κ3) is 13.7. The van der Waals surface area contributed by atoms with Gasteiger partial charge in [-0.05, 0) is 127 Å². The molecule has 4 N–H and O–H groups in total. The van der Waals surface area contributed by atoms with Crippen LogP contribution in [-0.4, -0.2) is 104 Å². The molecule has 0 aromatic heterocycles. The maximum Gasteiger partial charge on any atom is 0.253 e. The van der Waals surface area contributed by atoms with Crippen LogP contribution in [0.25, 0.3) is 0 Å². The minimum Gasteiger partial charge on any atom is -0.355 e. The number of nitrogens with one attached hydrogen (secondary N) is 4. The first-order chi connectivity index (χ1) is 33.3. The van der Waals surface area contributed by atoms with Gasteiger partial charge in [-0.2, -0.15) is 0 Å². The molecule has 0 radical (unpaired) electrons. The Morgan fingerprint density at radius 3 is 0.986 bits per heavy atom. The van der Waals surface area contributed by atoms with Gasteiger partial charge in [-0.3, -0.25) is 28.8 Å². The highest BCUT2D eigenvalue weighted by Crippen LogP contribution is 2.29. The molecular weight excluding hydrogens is 893 g/mol. The topological polar surface area (TPSA) is 157 Å². The van der Waals surface area contributed by atoms with Crippen LogP contribution in [0.2, 0.25) is 0 Å². The van der Waals surface area contributed by atoms with E-state index < -0.39 is 53.2 Å². The molecule has 2 heterocycles. The van der Waals surface area contributed by atoms with E-state index in [-0.39, 0.29) is 92.5 Å². The van der Waals surface area contributed by atoms with Gasteiger partial charge in [-0.1, -0.05) is 48.5 Å². The molecule has 4 atom stereocenters. The summed E-state index contributed by atoms with van der Waals surface area (Å²) in [5.74, 6) is -7.36. The van der Waals surface area contributed by atoms with E-state index in [4.69, 9.17) is 0 Å². The molecular formula is C53H54F4N6O6. The zero-order valence-electron chi connectivity index (χ0n) is 37.9. The van der Waals surface area contributed by atoms with Gasteiger partial charge < -0.3 is 31.1 Å². The number of ketones is 1. The molecule has 7 rings (SSSR count). The van der Waals surface area contributed by atoms with Crippen LogP contribution in [0.5, 0.6) is 0 Å². The molecule has 0 aliphatic carbocycles. The van der Waals surface area contributed by atoms with Gasteiger partial charge in [0.25, 0.3) is 11.8 Å². The van der Waals surface area contributed by atoms with Gasteiger partial charge >= 0.3 is 0 Å². The van der Waals surface area contributed by atoms with Gasteiger partial charge in [-0.25, -0.2) is 17.6 Å². The van der Waals surface area contributed by atoms with E-state index in [1.165, 1.54) is 82.6 Å². The molecule has 2 saturated heterocycles. The maximum atomic E-state index is 14.0. The Bertz CT molecular complexity index is 2510. The number of amides is 5. The number of nitrogens with zero attached hydrogens (tertiary/aromatic N) is 2. The Balaban J connectivity index is 0.985. The van der Waals surface area contributed by atoms with E-state index >= 15 is 0 Å². The molecule has 0 bridgehead atoms. The van der Waals surface area contributed by atoms with Crippen LogP contribution in [0.4, 0.5) is 17.6 Å². The first-order valence-electron chi connectivity index (χ1n) is 23.0. The number of halogens is 4. The minimum atomic E-state index is -0.891. The molecule has 360 valence electrons. The number of carbonyl (C=O) groups excluding carboxylic acids is 6. The van der Waals surface area contributed by atoms with Crippen LogP contribution >= 0.6 is 0 Å². The van der Waals surface area contributed by atoms with E-state index in [9.17, 15) is 46.3 Å². The second kappa shape index (κ2) is 23.7. The van der Waals surface area contributed by atoms with Crippen molar-refractivity contribution in [2.75, 3.05) is 58.9 Å². The summed E-state index contributed by atoms with van der Waals surface area (Å²) >= 11 is 0. The van der Waals surface area contributed by atoms with Crippen molar-refractivity contribution >= 4 is 35.3 Å². The highest BCUT2D eigenvalue weighted by molar-refractivity contribution is 6.00. The number of hydrogen-bond donors (Lipinski definition) is 4. The van der Waals surface area contributed by atoms with Crippen molar-refractivity contribution < 1.29 is 46.3 Å². The van der Waals surface area contributed by atoms with E-state index in [1.807, 2.05) is 0 Å². The summed E-state index contributed by atoms with van der Waals surface area (Å²) in [6.45, 7) is 0.836. The molecule has 16 heteroatoms. The number of benzene rings is 5. The van der Waals surface area contributed by atoms with Gasteiger partial charge in [0, 0.05) is 62.9 Å². The van der Waals surface area contributed by atoms with Crippen molar-refractivity contribution in [2.45, 2.75) is 25.7 Å². The first kappa shape index (κ1) is 49.7. The fraction of sp³-hybridized carbons (Fsp3) is 0.321. The summed E-state index contributed by atoms with van der Waals surface area (Å²) in [6, 6.07) is 29.7. The standard InChI is InChI=1S/C53H54F4N6O6/c54-40-13-1-34(2-14-40)21-25-58-29-48(64)44-30-62(31-45(44)49(65)59-26-22-35-3-15-41(55)16-4-35)52(68)38-9-11-39(12-10-38)53(69)63-32-46(50(66)60-27-23-36-5-17-42(56)18-6-36)47(33-63)51(67)61-28-24-37-7-19-43(57)20-8-37/h1-20,44-47,58H,21-33H2,(H,59,65)(H,60,66)(H,61,67)/t44-,45?,46+,47?/m1/s1. The van der Waals surface area contributed by atoms with E-state index in [0.29, 0.717) is 32.2 Å². The third-order valence-electron chi connectivity index (χ3n) is 12.7. The van der Waals surface area contributed by atoms with Crippen molar-refractivity contribution in [3.63, 3.8) is 0 Å². The van der Waals surface area contributed by atoms with Gasteiger partial charge in [0.15, 0.2) is 5.78 Å². The predicted octanol–water partition coefficient (Wildman–Crippen LogP) is 5.10. The zero-order chi connectivity index (χ0) is 48.9. The Hall–Kier alpha value is -7.20. The zero-order valence-corrected chi connectivity index (χ0v) is 37.9. The largest absolute Gasteiger partial charge is 0.355 e. The molecule has 2 unspecified atom stereocenters. The summed E-state index contributed by atoms with van der Waals surface area (Å²) in [6.07, 6.45) is 1.80. The summed E-state index contributed by atoms with van der Waals surface area (Å²) in [5, 5.41) is 11.7. The number of hydrogen-bond acceptors (Lipinski definition) is 7. The van der Waals surface area contributed by atoms with Crippen LogP contribution in [0.1, 0.15) is 43.0 Å². The van der Waals surface area contributed by atoms with Crippen LogP contribution in [0.3, 0.4) is 0 Å². The summed E-state index contributed by atoms with van der Waals surface area (Å²) in [5.41, 5.74) is 3.72. The first-order valence-corrected chi connectivity index (χ1v) is 23.0. The van der Waals surface area contributed by atoms with Crippen LogP contribution < -0.4 is 21.3 Å². The highest BCUT2D eigenvalue weighted by atomic mass is 19.1. The molecule has 2 aliphatic heterocycles. The summed E-state index contributed by atoms with van der Waals surface area (Å²) < 4.78 is 53.7. The molecule has 2 aliphatic rings. The monoisotopic (exact) mass is 946 g/mol. The average Bonchev–Trinajstić information content (AvgIpc) is 4.02. The number of Topliss-reactive ketones (excluding diaryl/α,β-unsaturated/α-hetero) is 1. The lowest BCUT2D eigenvalue weighted by Crippen LogP contribution is -2.42. The molecule has 5 aromatic carbocycles. The fourth-order valence-electron chi connectivity index (χ4n) is 8.75. The highest BCUT2D eigenvalue weighted by Gasteiger charge is 2.45. The van der Waals surface area contributed by atoms with Crippen LogP contribution in [0, 0.1) is 46.9 Å². The van der Waals surface area contributed by atoms with Crippen LogP contribution in [0.15, 0.2) is 121 Å². The van der Waals surface area contributed by atoms with Crippen molar-refractivity contribution in [3.8, 4) is 0 Å². The van der Waals surface area contributed by atoms with E-state index in [2.05, 4.69) is 21.3 Å². The lowest BCUT2D eigenvalue weighted by atomic mass is 9.91. The lowest BCUT2D eigenvalue weighted by Gasteiger charge is -2.18. The maximum absolute atomic E-state index is 14.0. The van der Waals surface area contributed by atoms with Gasteiger partial charge in [0.05, 0.1) is 24.3 Å². The van der Waals surface area contributed by atoms with Crippen molar-refractivity contribution in [3.05, 3.63) is 178 Å². The van der Waals surface area contributed by atoms with Crippen molar-refractivity contribution in [2.24, 2.45) is 23.7 Å². The lowest BCUT2D eigenvalue weighted by molar-refractivity contribution is -0.132. The van der Waals surface area contributed by atoms with E-state index in [1.54, 1.807) is 48.5 Å². The number of rotatable bonds is 20. The molecule has 12 nitrogen and oxygen atoms in total. The second-order valence-electron chi connectivity index (χ2n) is 17.4. The Kier molecular flexibility index (Phi) is 17.1. The van der Waals surface area contributed by atoms with E-state index in [0.717, 1.165) is 22.3 Å². The Labute approximate surface area is 397 Å². The minimum absolute atomic E-state index is 0.0253. The smallest absolute Gasteiger partial charge is 0.253 e. The van der Waals surface area contributed by atoms with Crippen molar-refractivity contribution in [1.82, 2.24) is 31.1 Å². The number of likely N-dealkylation sites (tertiary alicyclic amines) is 2. The number of carbonyl (C=O) groups is 6.